The Bertz CT molecular complexity index is 333. The Labute approximate surface area is 98.4 Å². The van der Waals surface area contributed by atoms with E-state index in [9.17, 15) is 0 Å². The highest BCUT2D eigenvalue weighted by Gasteiger charge is 2.21. The standard InChI is InChI=1S/C14H22N2/c1-14(2,11-15)7-8-16-9-12-5-3-4-6-13(12)10-16/h3-6H,7-11,15H2,1-2H3. The molecule has 0 saturated carbocycles. The first kappa shape index (κ1) is 11.6. The Kier molecular flexibility index (Phi) is 3.31. The van der Waals surface area contributed by atoms with Crippen molar-refractivity contribution < 1.29 is 0 Å². The highest BCUT2D eigenvalue weighted by atomic mass is 15.1. The van der Waals surface area contributed by atoms with Crippen LogP contribution in [0, 0.1) is 5.41 Å². The average molecular weight is 218 g/mol. The van der Waals surface area contributed by atoms with Crippen LogP contribution in [0.2, 0.25) is 0 Å². The van der Waals surface area contributed by atoms with Gasteiger partial charge in [-0.15, -0.1) is 0 Å². The van der Waals surface area contributed by atoms with E-state index in [1.54, 1.807) is 0 Å². The van der Waals surface area contributed by atoms with Crippen molar-refractivity contribution in [2.75, 3.05) is 13.1 Å². The third-order valence-corrected chi connectivity index (χ3v) is 3.56. The molecule has 0 radical (unpaired) electrons. The third kappa shape index (κ3) is 2.63. The van der Waals surface area contributed by atoms with Crippen LogP contribution in [0.15, 0.2) is 24.3 Å². The molecule has 2 nitrogen and oxygen atoms in total. The monoisotopic (exact) mass is 218 g/mol. The first-order valence-corrected chi connectivity index (χ1v) is 6.10. The fourth-order valence-corrected chi connectivity index (χ4v) is 2.12. The van der Waals surface area contributed by atoms with Crippen molar-refractivity contribution in [3.8, 4) is 0 Å². The number of rotatable bonds is 4. The van der Waals surface area contributed by atoms with E-state index in [2.05, 4.69) is 43.0 Å². The van der Waals surface area contributed by atoms with Crippen LogP contribution >= 0.6 is 0 Å². The molecule has 0 atom stereocenters. The molecule has 0 aromatic heterocycles. The van der Waals surface area contributed by atoms with Gasteiger partial charge in [0.2, 0.25) is 0 Å². The minimum absolute atomic E-state index is 0.273. The zero-order valence-electron chi connectivity index (χ0n) is 10.4. The highest BCUT2D eigenvalue weighted by Crippen LogP contribution is 2.25. The second-order valence-corrected chi connectivity index (χ2v) is 5.60. The maximum absolute atomic E-state index is 5.76. The summed E-state index contributed by atoms with van der Waals surface area (Å²) < 4.78 is 0. The molecule has 1 aliphatic heterocycles. The third-order valence-electron chi connectivity index (χ3n) is 3.56. The van der Waals surface area contributed by atoms with Crippen molar-refractivity contribution in [2.45, 2.75) is 33.4 Å². The largest absolute Gasteiger partial charge is 0.330 e. The van der Waals surface area contributed by atoms with Gasteiger partial charge in [-0.05, 0) is 36.1 Å². The summed E-state index contributed by atoms with van der Waals surface area (Å²) >= 11 is 0. The lowest BCUT2D eigenvalue weighted by Crippen LogP contribution is -2.29. The molecule has 1 aliphatic rings. The van der Waals surface area contributed by atoms with E-state index >= 15 is 0 Å². The van der Waals surface area contributed by atoms with Crippen molar-refractivity contribution in [1.82, 2.24) is 4.90 Å². The summed E-state index contributed by atoms with van der Waals surface area (Å²) in [4.78, 5) is 2.52. The number of fused-ring (bicyclic) bond motifs is 1. The molecule has 2 rings (SSSR count). The lowest BCUT2D eigenvalue weighted by atomic mass is 9.89. The Hall–Kier alpha value is -0.860. The summed E-state index contributed by atoms with van der Waals surface area (Å²) in [5.74, 6) is 0. The molecule has 0 amide bonds. The second-order valence-electron chi connectivity index (χ2n) is 5.60. The van der Waals surface area contributed by atoms with Gasteiger partial charge in [-0.2, -0.15) is 0 Å². The summed E-state index contributed by atoms with van der Waals surface area (Å²) in [5, 5.41) is 0. The van der Waals surface area contributed by atoms with Crippen molar-refractivity contribution in [3.63, 3.8) is 0 Å². The molecule has 0 unspecified atom stereocenters. The molecular formula is C14H22N2. The highest BCUT2D eigenvalue weighted by molar-refractivity contribution is 5.30. The van der Waals surface area contributed by atoms with Gasteiger partial charge in [-0.1, -0.05) is 38.1 Å². The normalized spacial score (nSPS) is 16.4. The summed E-state index contributed by atoms with van der Waals surface area (Å²) in [7, 11) is 0. The number of hydrogen-bond donors (Lipinski definition) is 1. The molecule has 0 fully saturated rings. The minimum Gasteiger partial charge on any atom is -0.330 e. The van der Waals surface area contributed by atoms with Crippen molar-refractivity contribution in [2.24, 2.45) is 11.1 Å². The lowest BCUT2D eigenvalue weighted by Gasteiger charge is -2.25. The predicted octanol–water partition coefficient (Wildman–Crippen LogP) is 2.38. The van der Waals surface area contributed by atoms with Gasteiger partial charge in [-0.3, -0.25) is 4.90 Å². The molecular weight excluding hydrogens is 196 g/mol. The van der Waals surface area contributed by atoms with Gasteiger partial charge in [0, 0.05) is 13.1 Å². The Morgan fingerprint density at radius 2 is 1.75 bits per heavy atom. The lowest BCUT2D eigenvalue weighted by molar-refractivity contribution is 0.224. The fourth-order valence-electron chi connectivity index (χ4n) is 2.12. The van der Waals surface area contributed by atoms with Gasteiger partial charge in [0.15, 0.2) is 0 Å². The van der Waals surface area contributed by atoms with Gasteiger partial charge in [0.25, 0.3) is 0 Å². The summed E-state index contributed by atoms with van der Waals surface area (Å²) in [6.07, 6.45) is 1.18. The molecule has 16 heavy (non-hydrogen) atoms. The zero-order valence-corrected chi connectivity index (χ0v) is 10.4. The molecule has 0 aliphatic carbocycles. The molecule has 1 aromatic rings. The Morgan fingerprint density at radius 3 is 2.25 bits per heavy atom. The summed E-state index contributed by atoms with van der Waals surface area (Å²) in [5.41, 5.74) is 9.02. The summed E-state index contributed by atoms with van der Waals surface area (Å²) in [6, 6.07) is 8.74. The van der Waals surface area contributed by atoms with E-state index in [0.29, 0.717) is 0 Å². The molecule has 0 spiro atoms. The van der Waals surface area contributed by atoms with Gasteiger partial charge in [-0.25, -0.2) is 0 Å². The molecule has 2 heteroatoms. The Morgan fingerprint density at radius 1 is 1.19 bits per heavy atom. The Balaban J connectivity index is 1.88. The van der Waals surface area contributed by atoms with Crippen LogP contribution in [-0.4, -0.2) is 18.0 Å². The molecule has 2 N–H and O–H groups in total. The van der Waals surface area contributed by atoms with E-state index in [1.807, 2.05) is 0 Å². The van der Waals surface area contributed by atoms with Crippen LogP contribution < -0.4 is 5.73 Å². The summed E-state index contributed by atoms with van der Waals surface area (Å²) in [6.45, 7) is 8.63. The molecule has 1 aromatic carbocycles. The zero-order chi connectivity index (χ0) is 11.6. The van der Waals surface area contributed by atoms with E-state index in [-0.39, 0.29) is 5.41 Å². The first-order valence-electron chi connectivity index (χ1n) is 6.10. The van der Waals surface area contributed by atoms with Crippen LogP contribution in [0.3, 0.4) is 0 Å². The first-order chi connectivity index (χ1) is 7.61. The van der Waals surface area contributed by atoms with Gasteiger partial charge in [0.1, 0.15) is 0 Å². The van der Waals surface area contributed by atoms with Crippen LogP contribution in [0.25, 0.3) is 0 Å². The van der Waals surface area contributed by atoms with E-state index < -0.39 is 0 Å². The van der Waals surface area contributed by atoms with E-state index in [4.69, 9.17) is 5.73 Å². The average Bonchev–Trinajstić information content (AvgIpc) is 2.69. The molecule has 0 saturated heterocycles. The predicted molar refractivity (Wildman–Crippen MR) is 68.0 cm³/mol. The quantitative estimate of drug-likeness (QED) is 0.840. The van der Waals surface area contributed by atoms with Crippen LogP contribution in [0.4, 0.5) is 0 Å². The maximum Gasteiger partial charge on any atom is 0.0240 e. The van der Waals surface area contributed by atoms with Gasteiger partial charge in [0.05, 0.1) is 0 Å². The number of nitrogens with zero attached hydrogens (tertiary/aromatic N) is 1. The van der Waals surface area contributed by atoms with Crippen molar-refractivity contribution >= 4 is 0 Å². The SMILES string of the molecule is CC(C)(CN)CCN1Cc2ccccc2C1. The van der Waals surface area contributed by atoms with Gasteiger partial charge >= 0.3 is 0 Å². The topological polar surface area (TPSA) is 29.3 Å². The van der Waals surface area contributed by atoms with Crippen LogP contribution in [-0.2, 0) is 13.1 Å². The smallest absolute Gasteiger partial charge is 0.0240 e. The number of benzene rings is 1. The van der Waals surface area contributed by atoms with Crippen LogP contribution in [0.1, 0.15) is 31.4 Å². The minimum atomic E-state index is 0.273. The molecule has 0 bridgehead atoms. The van der Waals surface area contributed by atoms with Crippen molar-refractivity contribution in [1.29, 1.82) is 0 Å². The van der Waals surface area contributed by atoms with E-state index in [1.165, 1.54) is 17.5 Å². The number of hydrogen-bond acceptors (Lipinski definition) is 2. The fraction of sp³-hybridized carbons (Fsp3) is 0.571. The van der Waals surface area contributed by atoms with Crippen molar-refractivity contribution in [3.05, 3.63) is 35.4 Å². The van der Waals surface area contributed by atoms with E-state index in [0.717, 1.165) is 26.2 Å². The number of nitrogens with two attached hydrogens (primary N) is 1. The van der Waals surface area contributed by atoms with Gasteiger partial charge < -0.3 is 5.73 Å². The maximum atomic E-state index is 5.76. The second kappa shape index (κ2) is 4.56. The van der Waals surface area contributed by atoms with Crippen LogP contribution in [0.5, 0.6) is 0 Å². The molecule has 88 valence electrons. The molecule has 1 heterocycles.